The number of amides is 1. The number of nitrogens with zero attached hydrogens (tertiary/aromatic N) is 1. The maximum Gasteiger partial charge on any atom is 0.298 e. The number of nitrogens with one attached hydrogen (secondary N) is 1. The lowest BCUT2D eigenvalue weighted by Crippen LogP contribution is -2.26. The number of carbonyl (C=O) groups is 2. The second-order valence-corrected chi connectivity index (χ2v) is 6.06. The average Bonchev–Trinajstić information content (AvgIpc) is 3.06. The van der Waals surface area contributed by atoms with E-state index in [4.69, 9.17) is 0 Å². The van der Waals surface area contributed by atoms with Gasteiger partial charge in [0.05, 0.1) is 5.69 Å². The number of ketones is 1. The number of aryl methyl sites for hydroxylation is 2. The maximum absolute atomic E-state index is 12.6. The summed E-state index contributed by atoms with van der Waals surface area (Å²) >= 11 is 0. The Morgan fingerprint density at radius 3 is 2.24 bits per heavy atom. The smallest absolute Gasteiger partial charge is 0.298 e. The number of hydrogen-bond acceptors (Lipinski definition) is 2. The summed E-state index contributed by atoms with van der Waals surface area (Å²) in [6.45, 7) is 4.36. The Kier molecular flexibility index (Phi) is 4.80. The summed E-state index contributed by atoms with van der Waals surface area (Å²) in [6, 6.07) is 19.0. The predicted octanol–water partition coefficient (Wildman–Crippen LogP) is 3.97. The molecule has 0 radical (unpaired) electrons. The van der Waals surface area contributed by atoms with Gasteiger partial charge in [-0.2, -0.15) is 0 Å². The Morgan fingerprint density at radius 2 is 1.56 bits per heavy atom. The monoisotopic (exact) mass is 332 g/mol. The molecule has 126 valence electrons. The van der Waals surface area contributed by atoms with E-state index in [0.717, 1.165) is 16.7 Å². The molecule has 1 aromatic heterocycles. The molecule has 0 aliphatic heterocycles. The molecule has 0 bridgehead atoms. The van der Waals surface area contributed by atoms with Crippen molar-refractivity contribution >= 4 is 17.4 Å². The number of carbonyl (C=O) groups excluding carboxylic acids is 2. The summed E-state index contributed by atoms with van der Waals surface area (Å²) in [5.74, 6) is -1.16. The zero-order valence-electron chi connectivity index (χ0n) is 14.3. The number of rotatable bonds is 5. The van der Waals surface area contributed by atoms with E-state index < -0.39 is 11.7 Å². The zero-order valence-corrected chi connectivity index (χ0v) is 14.3. The van der Waals surface area contributed by atoms with Gasteiger partial charge in [-0.15, -0.1) is 0 Å². The highest BCUT2D eigenvalue weighted by Crippen LogP contribution is 2.20. The molecule has 2 aromatic carbocycles. The Labute approximate surface area is 147 Å². The molecule has 1 amide bonds. The molecule has 0 aliphatic rings. The van der Waals surface area contributed by atoms with Crippen molar-refractivity contribution in [2.75, 3.05) is 5.32 Å². The fourth-order valence-corrected chi connectivity index (χ4v) is 2.84. The van der Waals surface area contributed by atoms with Gasteiger partial charge in [0, 0.05) is 18.4 Å². The lowest BCUT2D eigenvalue weighted by molar-refractivity contribution is -0.112. The van der Waals surface area contributed by atoms with Crippen LogP contribution in [0.2, 0.25) is 0 Å². The normalized spacial score (nSPS) is 10.5. The molecule has 4 heteroatoms. The molecule has 0 atom stereocenters. The van der Waals surface area contributed by atoms with E-state index in [1.807, 2.05) is 68.6 Å². The van der Waals surface area contributed by atoms with E-state index >= 15 is 0 Å². The quantitative estimate of drug-likeness (QED) is 0.568. The first-order valence-electron chi connectivity index (χ1n) is 8.17. The van der Waals surface area contributed by atoms with Crippen LogP contribution >= 0.6 is 0 Å². The highest BCUT2D eigenvalue weighted by Gasteiger charge is 2.21. The standard InChI is InChI=1S/C21H20N2O2/c1-15-8-6-9-16(2)19(15)22-21(25)20(24)18-12-7-13-23(18)14-17-10-4-3-5-11-17/h3-13H,14H2,1-2H3,(H,22,25). The number of Topliss-reactive ketones (excluding diaryl/α,β-unsaturated/α-hetero) is 1. The van der Waals surface area contributed by atoms with Crippen molar-refractivity contribution in [2.45, 2.75) is 20.4 Å². The van der Waals surface area contributed by atoms with E-state index in [0.29, 0.717) is 17.9 Å². The lowest BCUT2D eigenvalue weighted by atomic mass is 10.1. The van der Waals surface area contributed by atoms with Crippen LogP contribution in [0, 0.1) is 13.8 Å². The van der Waals surface area contributed by atoms with Gasteiger partial charge in [-0.3, -0.25) is 9.59 Å². The minimum Gasteiger partial charge on any atom is -0.340 e. The molecule has 4 nitrogen and oxygen atoms in total. The highest BCUT2D eigenvalue weighted by atomic mass is 16.2. The van der Waals surface area contributed by atoms with Crippen molar-refractivity contribution < 1.29 is 9.59 Å². The molecule has 3 rings (SSSR count). The fraction of sp³-hybridized carbons (Fsp3) is 0.143. The van der Waals surface area contributed by atoms with Crippen molar-refractivity contribution in [3.8, 4) is 0 Å². The van der Waals surface area contributed by atoms with E-state index in [-0.39, 0.29) is 0 Å². The predicted molar refractivity (Wildman–Crippen MR) is 98.9 cm³/mol. The number of para-hydroxylation sites is 1. The molecule has 0 spiro atoms. The van der Waals surface area contributed by atoms with Crippen molar-refractivity contribution in [3.63, 3.8) is 0 Å². The molecule has 3 aromatic rings. The first-order chi connectivity index (χ1) is 12.1. The van der Waals surface area contributed by atoms with Gasteiger partial charge >= 0.3 is 0 Å². The van der Waals surface area contributed by atoms with Crippen molar-refractivity contribution in [1.82, 2.24) is 4.57 Å². The van der Waals surface area contributed by atoms with Crippen molar-refractivity contribution in [2.24, 2.45) is 0 Å². The van der Waals surface area contributed by atoms with Gasteiger partial charge in [0.2, 0.25) is 0 Å². The third-order valence-electron chi connectivity index (χ3n) is 4.18. The van der Waals surface area contributed by atoms with E-state index in [9.17, 15) is 9.59 Å². The molecule has 25 heavy (non-hydrogen) atoms. The van der Waals surface area contributed by atoms with Gasteiger partial charge in [0.1, 0.15) is 0 Å². The van der Waals surface area contributed by atoms with Crippen LogP contribution in [0.25, 0.3) is 0 Å². The topological polar surface area (TPSA) is 51.1 Å². The highest BCUT2D eigenvalue weighted by molar-refractivity contribution is 6.46. The Balaban J connectivity index is 1.80. The Bertz CT molecular complexity index is 890. The molecular formula is C21H20N2O2. The first-order valence-corrected chi connectivity index (χ1v) is 8.17. The summed E-state index contributed by atoms with van der Waals surface area (Å²) in [4.78, 5) is 25.1. The molecule has 0 saturated heterocycles. The van der Waals surface area contributed by atoms with Crippen molar-refractivity contribution in [1.29, 1.82) is 0 Å². The second kappa shape index (κ2) is 7.18. The molecule has 1 N–H and O–H groups in total. The molecular weight excluding hydrogens is 312 g/mol. The van der Waals surface area contributed by atoms with Gasteiger partial charge < -0.3 is 9.88 Å². The first kappa shape index (κ1) is 16.7. The van der Waals surface area contributed by atoms with Gasteiger partial charge in [-0.05, 0) is 42.7 Å². The summed E-state index contributed by atoms with van der Waals surface area (Å²) in [7, 11) is 0. The molecule has 0 saturated carbocycles. The summed E-state index contributed by atoms with van der Waals surface area (Å²) in [5, 5.41) is 2.76. The van der Waals surface area contributed by atoms with Crippen molar-refractivity contribution in [3.05, 3.63) is 89.2 Å². The minimum atomic E-state index is -0.620. The molecule has 0 fully saturated rings. The van der Waals surface area contributed by atoms with Gasteiger partial charge in [-0.25, -0.2) is 0 Å². The van der Waals surface area contributed by atoms with Crippen LogP contribution in [0.4, 0.5) is 5.69 Å². The van der Waals surface area contributed by atoms with Crippen LogP contribution in [0.1, 0.15) is 27.2 Å². The van der Waals surface area contributed by atoms with Crippen LogP contribution in [-0.2, 0) is 11.3 Å². The third-order valence-corrected chi connectivity index (χ3v) is 4.18. The zero-order chi connectivity index (χ0) is 17.8. The van der Waals surface area contributed by atoms with E-state index in [1.165, 1.54) is 0 Å². The number of anilines is 1. The average molecular weight is 332 g/mol. The molecule has 0 aliphatic carbocycles. The minimum absolute atomic E-state index is 0.382. The SMILES string of the molecule is Cc1cccc(C)c1NC(=O)C(=O)c1cccn1Cc1ccccc1. The Hall–Kier alpha value is -3.14. The molecule has 1 heterocycles. The fourth-order valence-electron chi connectivity index (χ4n) is 2.84. The summed E-state index contributed by atoms with van der Waals surface area (Å²) < 4.78 is 1.79. The summed E-state index contributed by atoms with van der Waals surface area (Å²) in [6.07, 6.45) is 1.81. The van der Waals surface area contributed by atoms with Crippen LogP contribution in [0.15, 0.2) is 66.9 Å². The van der Waals surface area contributed by atoms with Crippen LogP contribution in [0.5, 0.6) is 0 Å². The second-order valence-electron chi connectivity index (χ2n) is 6.06. The number of hydrogen-bond donors (Lipinski definition) is 1. The number of aromatic nitrogens is 1. The van der Waals surface area contributed by atoms with Crippen LogP contribution in [0.3, 0.4) is 0 Å². The lowest BCUT2D eigenvalue weighted by Gasteiger charge is -2.12. The third kappa shape index (κ3) is 3.69. The maximum atomic E-state index is 12.6. The van der Waals surface area contributed by atoms with Crippen LogP contribution in [-0.4, -0.2) is 16.3 Å². The molecule has 0 unspecified atom stereocenters. The Morgan fingerprint density at radius 1 is 0.880 bits per heavy atom. The summed E-state index contributed by atoms with van der Waals surface area (Å²) in [5.41, 5.74) is 4.01. The van der Waals surface area contributed by atoms with E-state index in [1.54, 1.807) is 16.7 Å². The van der Waals surface area contributed by atoms with Gasteiger partial charge in [0.25, 0.3) is 11.7 Å². The number of benzene rings is 2. The van der Waals surface area contributed by atoms with Gasteiger partial charge in [-0.1, -0.05) is 48.5 Å². The van der Waals surface area contributed by atoms with Crippen LogP contribution < -0.4 is 5.32 Å². The van der Waals surface area contributed by atoms with Gasteiger partial charge in [0.15, 0.2) is 0 Å². The van der Waals surface area contributed by atoms with E-state index in [2.05, 4.69) is 5.32 Å². The largest absolute Gasteiger partial charge is 0.340 e.